The van der Waals surface area contributed by atoms with Crippen LogP contribution in [-0.2, 0) is 108 Å². The van der Waals surface area contributed by atoms with E-state index in [1.54, 1.807) is 124 Å². The number of aryl methyl sites for hydroxylation is 5. The van der Waals surface area contributed by atoms with Crippen LogP contribution >= 0.6 is 0 Å². The predicted octanol–water partition coefficient (Wildman–Crippen LogP) is 16.9. The van der Waals surface area contributed by atoms with E-state index in [2.05, 4.69) is 116 Å². The van der Waals surface area contributed by atoms with E-state index in [0.29, 0.717) is 35.8 Å². The van der Waals surface area contributed by atoms with Gasteiger partial charge in [0.15, 0.2) is 29.4 Å². The summed E-state index contributed by atoms with van der Waals surface area (Å²) in [4.78, 5) is 57.9. The molecule has 8 heterocycles. The number of aromatic nitrogens is 15. The summed E-state index contributed by atoms with van der Waals surface area (Å²) in [6.45, 7) is 12.7. The Hall–Kier alpha value is -11.2. The molecule has 15 rings (SSSR count). The Morgan fingerprint density at radius 2 is 0.661 bits per heavy atom. The van der Waals surface area contributed by atoms with Gasteiger partial charge in [0.2, 0.25) is 0 Å². The minimum Gasteiger partial charge on any atom is -0.507 e. The Bertz CT molecular complexity index is 4910. The first-order chi connectivity index (χ1) is 57.6. The van der Waals surface area contributed by atoms with Crippen molar-refractivity contribution in [1.29, 1.82) is 0 Å². The maximum absolute atomic E-state index is 12.1. The molecule has 2 atom stereocenters. The van der Waals surface area contributed by atoms with E-state index in [0.717, 1.165) is 102 Å². The molecule has 3 N–H and O–H groups in total. The number of ether oxygens (including phenoxy) is 5. The Morgan fingerprint density at radius 3 is 0.887 bits per heavy atom. The third kappa shape index (κ3) is 37.5. The summed E-state index contributed by atoms with van der Waals surface area (Å²) >= 11 is 0. The molecule has 7 aromatic carbocycles. The summed E-state index contributed by atoms with van der Waals surface area (Å²) in [5.74, 6) is 1.60. The number of benzene rings is 7. The largest absolute Gasteiger partial charge is 0.507 e. The predicted molar refractivity (Wildman–Crippen MR) is 450 cm³/mol. The van der Waals surface area contributed by atoms with E-state index in [4.69, 9.17) is 39.0 Å². The second-order valence-electron chi connectivity index (χ2n) is 24.8. The normalized spacial score (nSPS) is 10.3. The number of para-hydroxylation sites is 1. The first-order valence-electron chi connectivity index (χ1n) is 36.6. The van der Waals surface area contributed by atoms with Gasteiger partial charge in [-0.15, -0.1) is 215 Å². The number of hydrogen-bond donors (Lipinski definition) is 3. The Morgan fingerprint density at radius 1 is 0.387 bits per heavy atom. The fourth-order valence-electron chi connectivity index (χ4n) is 9.88. The summed E-state index contributed by atoms with van der Waals surface area (Å²) in [5.41, 5.74) is 15.3. The van der Waals surface area contributed by atoms with Crippen molar-refractivity contribution in [2.24, 2.45) is 4.99 Å². The number of halogens is 3. The van der Waals surface area contributed by atoms with E-state index in [9.17, 15) is 13.2 Å². The van der Waals surface area contributed by atoms with Crippen LogP contribution in [0.5, 0.6) is 35.1 Å². The number of aliphatic hydroxyl groups is 2. The number of alkyl halides is 3. The second kappa shape index (κ2) is 59.6. The fourth-order valence-corrected chi connectivity index (χ4v) is 9.88. The van der Waals surface area contributed by atoms with Crippen molar-refractivity contribution < 1.29 is 154 Å². The number of phenols is 1. The molecular weight excluding hydrogens is 2480 g/mol. The van der Waals surface area contributed by atoms with Crippen LogP contribution in [0.3, 0.4) is 0 Å². The average molecular weight is 2570 g/mol. The molecule has 0 fully saturated rings. The van der Waals surface area contributed by atoms with E-state index in [1.165, 1.54) is 12.3 Å². The quantitative estimate of drug-likeness (QED) is 0.0634. The number of nitrogens with zero attached hydrogens (tertiary/aromatic N) is 16. The molecule has 0 saturated heterocycles. The first kappa shape index (κ1) is 109. The minimum absolute atomic E-state index is 0. The van der Waals surface area contributed by atoms with Gasteiger partial charge in [-0.25, -0.2) is 24.9 Å². The molecule has 8 aromatic heterocycles. The van der Waals surface area contributed by atoms with E-state index < -0.39 is 12.0 Å². The molecule has 15 aromatic rings. The fraction of sp³-hybridized carbons (Fsp3) is 0.185. The maximum atomic E-state index is 12.1. The van der Waals surface area contributed by atoms with Crippen LogP contribution in [0.25, 0.3) is 79.1 Å². The summed E-state index contributed by atoms with van der Waals surface area (Å²) in [5, 5.41) is 32.5. The third-order valence-electron chi connectivity index (χ3n) is 15.2. The monoisotopic (exact) mass is 2570 g/mol. The van der Waals surface area contributed by atoms with Gasteiger partial charge in [-0.3, -0.25) is 40.0 Å². The number of aliphatic hydroxyl groups excluding tert-OH is 2. The summed E-state index contributed by atoms with van der Waals surface area (Å²) in [7, 11) is 9.64. The maximum Gasteiger partial charge on any atom is 0.429 e. The van der Waals surface area contributed by atoms with Gasteiger partial charge < -0.3 is 54.1 Å². The average Bonchev–Trinajstić information content (AvgIpc) is 1.78. The molecule has 0 spiro atoms. The van der Waals surface area contributed by atoms with Gasteiger partial charge in [-0.1, -0.05) is 30.3 Å². The van der Waals surface area contributed by atoms with Crippen LogP contribution in [-0.4, -0.2) is 146 Å². The molecule has 0 aliphatic carbocycles. The zero-order valence-electron chi connectivity index (χ0n) is 69.4. The number of aliphatic imine (C=N–C) groups is 1. The number of methoxy groups -OCH3 is 5. The van der Waals surface area contributed by atoms with E-state index in [1.807, 2.05) is 211 Å². The summed E-state index contributed by atoms with van der Waals surface area (Å²) in [6.07, 6.45) is 8.61. The number of rotatable bonds is 15. The molecule has 2 unspecified atom stereocenters. The molecule has 0 saturated carbocycles. The van der Waals surface area contributed by atoms with Gasteiger partial charge in [0, 0.05) is 192 Å². The molecule has 0 aliphatic heterocycles. The van der Waals surface area contributed by atoms with Crippen LogP contribution in [0, 0.1) is 71.0 Å². The van der Waals surface area contributed by atoms with Gasteiger partial charge in [-0.05, 0) is 96.7 Å². The SMILES string of the molecule is CC(O)CC(C)O.CN=Cc1ccccc1O.COc1nc(C)cnc1-c1[c-]cccc1.COc1nc(C)cnc1-c1[c-]cccc1.COc1nc(C)cnc1-c1[c-]cccc1.COc1nc(C)cnc1-c1[c-]cccc1.COc1nc(C)cnc1-c1[c-]cccc1.FC(F)(F)c1n[n-]c(-c2ccccn2)n1.[Ir].[Ir].[Ir].[Ir].[Pt].[c-]1ccccc1-c1ccccn1. The van der Waals surface area contributed by atoms with Crippen LogP contribution in [0.2, 0.25) is 0 Å². The molecule has 0 aliphatic rings. The van der Waals surface area contributed by atoms with Gasteiger partial charge in [0.05, 0.1) is 81.9 Å². The summed E-state index contributed by atoms with van der Waals surface area (Å²) in [6, 6.07) is 82.3. The van der Waals surface area contributed by atoms with Crippen molar-refractivity contribution in [1.82, 2.24) is 75.0 Å². The van der Waals surface area contributed by atoms with Crippen molar-refractivity contribution in [3.8, 4) is 114 Å². The molecule has 124 heavy (non-hydrogen) atoms. The summed E-state index contributed by atoms with van der Waals surface area (Å²) < 4.78 is 62.3. The van der Waals surface area contributed by atoms with Crippen LogP contribution in [0.15, 0.2) is 255 Å². The number of aromatic hydroxyl groups is 1. The van der Waals surface area contributed by atoms with Crippen molar-refractivity contribution in [2.75, 3.05) is 42.6 Å². The van der Waals surface area contributed by atoms with E-state index in [-0.39, 0.29) is 131 Å². The Balaban J connectivity index is 0.000000473. The smallest absolute Gasteiger partial charge is 0.429 e. The number of hydrogen-bond acceptors (Lipinski definition) is 23. The third-order valence-corrected chi connectivity index (χ3v) is 15.2. The van der Waals surface area contributed by atoms with Crippen LogP contribution < -0.4 is 28.8 Å². The van der Waals surface area contributed by atoms with Crippen LogP contribution in [0.4, 0.5) is 13.2 Å². The van der Waals surface area contributed by atoms with Gasteiger partial charge in [-0.2, -0.15) is 13.2 Å². The number of pyridine rings is 2. The molecular formula is C92H88F3Ir4N16O8Pt-7. The molecule has 0 amide bonds. The van der Waals surface area contributed by atoms with E-state index >= 15 is 0 Å². The molecule has 24 nitrogen and oxygen atoms in total. The topological polar surface area (TPSA) is 314 Å². The zero-order valence-corrected chi connectivity index (χ0v) is 81.3. The Labute approximate surface area is 789 Å². The number of phenolic OH excluding ortho intramolecular Hbond substituents is 1. The standard InChI is InChI=1S/5C12H11N2O.C11H8N.C8H4F3N4.C8H9NO.C5H12O2.4Ir.Pt/c5*1-9-8-13-11(12(14-9)15-2)10-6-4-3-5-7-10;1-2-6-10(7-3-1)11-8-4-5-9-12-11;9-8(10,11)7-13-6(14-15-7)5-3-1-2-4-12-5;1-9-6-7-4-2-3-5-8(7)10;1-4(6)3-5(2)7;;;;;/h5*3-6,8H,1-2H3;1-6,8-9H;1-4H;2-6,10H,1H3;4-7H,3H2,1-2H3;;;;;/q7*-1;;;;;;;. The molecule has 0 bridgehead atoms. The van der Waals surface area contributed by atoms with Crippen LogP contribution in [0.1, 0.15) is 60.1 Å². The van der Waals surface area contributed by atoms with Crippen molar-refractivity contribution in [3.05, 3.63) is 326 Å². The van der Waals surface area contributed by atoms with Gasteiger partial charge in [0.25, 0.3) is 0 Å². The van der Waals surface area contributed by atoms with Crippen molar-refractivity contribution in [2.45, 2.75) is 73.3 Å². The molecule has 32 heteroatoms. The Kier molecular flexibility index (Phi) is 52.4. The van der Waals surface area contributed by atoms with Crippen molar-refractivity contribution in [3.63, 3.8) is 0 Å². The molecule has 4 radical (unpaired) electrons. The van der Waals surface area contributed by atoms with Gasteiger partial charge >= 0.3 is 6.18 Å². The first-order valence-corrected chi connectivity index (χ1v) is 36.6. The minimum atomic E-state index is -4.57. The zero-order chi connectivity index (χ0) is 85.7. The van der Waals surface area contributed by atoms with Gasteiger partial charge in [0.1, 0.15) is 11.6 Å². The second-order valence-corrected chi connectivity index (χ2v) is 24.8. The van der Waals surface area contributed by atoms with Crippen molar-refractivity contribution >= 4 is 6.21 Å². The molecule has 658 valence electrons.